The number of carbonyl (C=O) groups is 1. The molecule has 104 valence electrons. The highest BCUT2D eigenvalue weighted by atomic mass is 16.3. The number of aromatic nitrogens is 2. The van der Waals surface area contributed by atoms with E-state index in [0.717, 1.165) is 24.2 Å². The second-order valence-corrected chi connectivity index (χ2v) is 5.21. The molecule has 0 spiro atoms. The van der Waals surface area contributed by atoms with Crippen LogP contribution in [0.4, 0.5) is 5.69 Å². The molecular weight excluding hydrogens is 254 g/mol. The number of hydrogen-bond acceptors (Lipinski definition) is 3. The number of aromatic amines is 1. The molecule has 3 N–H and O–H groups in total. The maximum absolute atomic E-state index is 12.1. The number of aliphatic hydroxyl groups is 1. The number of hydrogen-bond donors (Lipinski definition) is 3. The number of imidazole rings is 1. The second-order valence-electron chi connectivity index (χ2n) is 5.21. The molecule has 1 aliphatic carbocycles. The van der Waals surface area contributed by atoms with E-state index in [9.17, 15) is 9.90 Å². The van der Waals surface area contributed by atoms with Crippen LogP contribution in [-0.4, -0.2) is 26.6 Å². The maximum Gasteiger partial charge on any atom is 0.256 e. The highest BCUT2D eigenvalue weighted by Gasteiger charge is 2.38. The molecule has 0 atom stereocenters. The number of benzene rings is 1. The summed E-state index contributed by atoms with van der Waals surface area (Å²) in [5.74, 6) is 0.437. The Morgan fingerprint density at radius 1 is 1.35 bits per heavy atom. The van der Waals surface area contributed by atoms with Crippen molar-refractivity contribution in [3.05, 3.63) is 36.7 Å². The van der Waals surface area contributed by atoms with Crippen LogP contribution in [0.15, 0.2) is 36.7 Å². The molecule has 0 bridgehead atoms. The third-order valence-corrected chi connectivity index (χ3v) is 3.75. The first kappa shape index (κ1) is 12.9. The molecule has 1 aliphatic rings. The zero-order valence-corrected chi connectivity index (χ0v) is 11.1. The van der Waals surface area contributed by atoms with Crippen molar-refractivity contribution in [2.24, 2.45) is 0 Å². The van der Waals surface area contributed by atoms with Crippen LogP contribution in [0, 0.1) is 0 Å². The van der Waals surface area contributed by atoms with E-state index in [2.05, 4.69) is 15.3 Å². The van der Waals surface area contributed by atoms with Crippen LogP contribution in [-0.2, 0) is 4.79 Å². The van der Waals surface area contributed by atoms with Gasteiger partial charge in [-0.15, -0.1) is 0 Å². The molecule has 1 aromatic heterocycles. The standard InChI is InChI=1S/C15H17N3O2/c19-14(15(20)6-1-2-7-15)18-12-5-3-4-11(10-12)13-16-8-9-17-13/h3-5,8-10,20H,1-2,6-7H2,(H,16,17)(H,18,19). The summed E-state index contributed by atoms with van der Waals surface area (Å²) < 4.78 is 0. The van der Waals surface area contributed by atoms with Gasteiger partial charge in [0.25, 0.3) is 5.91 Å². The molecule has 20 heavy (non-hydrogen) atoms. The lowest BCUT2D eigenvalue weighted by atomic mass is 10.0. The van der Waals surface area contributed by atoms with Crippen molar-refractivity contribution >= 4 is 11.6 Å². The topological polar surface area (TPSA) is 78.0 Å². The van der Waals surface area contributed by atoms with Gasteiger partial charge in [-0.25, -0.2) is 4.98 Å². The van der Waals surface area contributed by atoms with E-state index >= 15 is 0 Å². The molecule has 1 aromatic carbocycles. The van der Waals surface area contributed by atoms with Crippen LogP contribution in [0.3, 0.4) is 0 Å². The lowest BCUT2D eigenvalue weighted by Crippen LogP contribution is -2.40. The predicted molar refractivity (Wildman–Crippen MR) is 76.1 cm³/mol. The number of rotatable bonds is 3. The largest absolute Gasteiger partial charge is 0.380 e. The minimum absolute atomic E-state index is 0.313. The van der Waals surface area contributed by atoms with Crippen LogP contribution in [0.25, 0.3) is 11.4 Å². The van der Waals surface area contributed by atoms with Gasteiger partial charge >= 0.3 is 0 Å². The first-order valence-electron chi connectivity index (χ1n) is 6.81. The van der Waals surface area contributed by atoms with Gasteiger partial charge in [0.15, 0.2) is 0 Å². The molecule has 5 nitrogen and oxygen atoms in total. The predicted octanol–water partition coefficient (Wildman–Crippen LogP) is 2.32. The Bertz CT molecular complexity index is 601. The van der Waals surface area contributed by atoms with Gasteiger partial charge in [0, 0.05) is 23.6 Å². The zero-order valence-electron chi connectivity index (χ0n) is 11.1. The summed E-state index contributed by atoms with van der Waals surface area (Å²) in [6, 6.07) is 7.42. The molecule has 1 heterocycles. The normalized spacial score (nSPS) is 17.1. The minimum Gasteiger partial charge on any atom is -0.380 e. The summed E-state index contributed by atoms with van der Waals surface area (Å²) in [4.78, 5) is 19.4. The molecule has 0 saturated heterocycles. The van der Waals surface area contributed by atoms with E-state index in [4.69, 9.17) is 0 Å². The third kappa shape index (κ3) is 2.44. The molecule has 1 saturated carbocycles. The summed E-state index contributed by atoms with van der Waals surface area (Å²) in [5.41, 5.74) is 0.358. The Morgan fingerprint density at radius 3 is 2.85 bits per heavy atom. The van der Waals surface area contributed by atoms with Crippen molar-refractivity contribution in [3.63, 3.8) is 0 Å². The maximum atomic E-state index is 12.1. The van der Waals surface area contributed by atoms with E-state index in [1.807, 2.05) is 24.3 Å². The van der Waals surface area contributed by atoms with E-state index in [0.29, 0.717) is 18.5 Å². The van der Waals surface area contributed by atoms with Gasteiger partial charge in [-0.05, 0) is 37.8 Å². The highest BCUT2D eigenvalue weighted by Crippen LogP contribution is 2.31. The minimum atomic E-state index is -1.21. The van der Waals surface area contributed by atoms with Crippen LogP contribution in [0.5, 0.6) is 0 Å². The Balaban J connectivity index is 1.78. The third-order valence-electron chi connectivity index (χ3n) is 3.75. The van der Waals surface area contributed by atoms with Crippen molar-refractivity contribution in [2.45, 2.75) is 31.3 Å². The average Bonchev–Trinajstić information content (AvgIpc) is 3.11. The fourth-order valence-electron chi connectivity index (χ4n) is 2.60. The lowest BCUT2D eigenvalue weighted by Gasteiger charge is -2.21. The summed E-state index contributed by atoms with van der Waals surface area (Å²) in [6.45, 7) is 0. The fraction of sp³-hybridized carbons (Fsp3) is 0.333. The van der Waals surface area contributed by atoms with Gasteiger partial charge in [-0.2, -0.15) is 0 Å². The number of carbonyl (C=O) groups excluding carboxylic acids is 1. The zero-order chi connectivity index (χ0) is 14.0. The van der Waals surface area contributed by atoms with Gasteiger partial charge < -0.3 is 15.4 Å². The summed E-state index contributed by atoms with van der Waals surface area (Å²) in [5, 5.41) is 13.0. The number of nitrogens with zero attached hydrogens (tertiary/aromatic N) is 1. The summed E-state index contributed by atoms with van der Waals surface area (Å²) in [7, 11) is 0. The van der Waals surface area contributed by atoms with E-state index < -0.39 is 5.60 Å². The first-order chi connectivity index (χ1) is 9.67. The quantitative estimate of drug-likeness (QED) is 0.801. The van der Waals surface area contributed by atoms with Crippen molar-refractivity contribution in [1.29, 1.82) is 0 Å². The van der Waals surface area contributed by atoms with Crippen molar-refractivity contribution < 1.29 is 9.90 Å². The summed E-state index contributed by atoms with van der Waals surface area (Å²) >= 11 is 0. The SMILES string of the molecule is O=C(Nc1cccc(-c2ncc[nH]2)c1)C1(O)CCCC1. The number of amides is 1. The molecule has 1 amide bonds. The summed E-state index contributed by atoms with van der Waals surface area (Å²) in [6.07, 6.45) is 6.31. The molecule has 0 radical (unpaired) electrons. The fourth-order valence-corrected chi connectivity index (χ4v) is 2.60. The van der Waals surface area contributed by atoms with Crippen LogP contribution in [0.1, 0.15) is 25.7 Å². The molecular formula is C15H17N3O2. The average molecular weight is 271 g/mol. The number of H-pyrrole nitrogens is 1. The van der Waals surface area contributed by atoms with Crippen LogP contribution in [0.2, 0.25) is 0 Å². The lowest BCUT2D eigenvalue weighted by molar-refractivity contribution is -0.133. The molecule has 3 rings (SSSR count). The van der Waals surface area contributed by atoms with E-state index in [1.165, 1.54) is 0 Å². The van der Waals surface area contributed by atoms with Gasteiger partial charge in [0.05, 0.1) is 0 Å². The Hall–Kier alpha value is -2.14. The highest BCUT2D eigenvalue weighted by molar-refractivity contribution is 5.97. The Morgan fingerprint density at radius 2 is 2.15 bits per heavy atom. The Labute approximate surface area is 117 Å². The molecule has 2 aromatic rings. The van der Waals surface area contributed by atoms with E-state index in [1.54, 1.807) is 12.4 Å². The molecule has 1 fully saturated rings. The van der Waals surface area contributed by atoms with Crippen molar-refractivity contribution in [3.8, 4) is 11.4 Å². The van der Waals surface area contributed by atoms with Gasteiger partial charge in [0.2, 0.25) is 0 Å². The number of anilines is 1. The van der Waals surface area contributed by atoms with Gasteiger partial charge in [0.1, 0.15) is 11.4 Å². The van der Waals surface area contributed by atoms with Crippen LogP contribution >= 0.6 is 0 Å². The first-order valence-corrected chi connectivity index (χ1v) is 6.81. The van der Waals surface area contributed by atoms with Crippen molar-refractivity contribution in [1.82, 2.24) is 9.97 Å². The molecule has 0 unspecified atom stereocenters. The number of nitrogens with one attached hydrogen (secondary N) is 2. The van der Waals surface area contributed by atoms with Crippen LogP contribution < -0.4 is 5.32 Å². The molecule has 5 heteroatoms. The van der Waals surface area contributed by atoms with Gasteiger partial charge in [-0.1, -0.05) is 12.1 Å². The monoisotopic (exact) mass is 271 g/mol. The smallest absolute Gasteiger partial charge is 0.256 e. The Kier molecular flexibility index (Phi) is 3.28. The van der Waals surface area contributed by atoms with E-state index in [-0.39, 0.29) is 5.91 Å². The van der Waals surface area contributed by atoms with Crippen molar-refractivity contribution in [2.75, 3.05) is 5.32 Å². The van der Waals surface area contributed by atoms with Gasteiger partial charge in [-0.3, -0.25) is 4.79 Å². The second kappa shape index (κ2) is 5.09. The molecule has 0 aliphatic heterocycles.